The van der Waals surface area contributed by atoms with E-state index in [9.17, 15) is 4.79 Å². The summed E-state index contributed by atoms with van der Waals surface area (Å²) in [6.45, 7) is 14.1. The summed E-state index contributed by atoms with van der Waals surface area (Å²) < 4.78 is 0. The lowest BCUT2D eigenvalue weighted by atomic mass is 9.85. The van der Waals surface area contributed by atoms with Crippen molar-refractivity contribution < 1.29 is 4.79 Å². The van der Waals surface area contributed by atoms with Gasteiger partial charge in [0.2, 0.25) is 5.91 Å². The molecule has 0 spiro atoms. The molecule has 16 heavy (non-hydrogen) atoms. The first kappa shape index (κ1) is 15.4. The maximum atomic E-state index is 11.5. The molecule has 2 N–H and O–H groups in total. The molecular formula is C13H28N2O. The van der Waals surface area contributed by atoms with Crippen LogP contribution in [0.2, 0.25) is 0 Å². The van der Waals surface area contributed by atoms with Crippen LogP contribution in [0.5, 0.6) is 0 Å². The Labute approximate surface area is 100 Å². The highest BCUT2D eigenvalue weighted by Crippen LogP contribution is 2.19. The van der Waals surface area contributed by atoms with Crippen LogP contribution in [0, 0.1) is 17.8 Å². The van der Waals surface area contributed by atoms with Crippen LogP contribution in [-0.4, -0.2) is 25.0 Å². The molecule has 0 unspecified atom stereocenters. The second kappa shape index (κ2) is 7.66. The predicted octanol–water partition coefficient (Wildman–Crippen LogP) is 2.03. The van der Waals surface area contributed by atoms with Crippen molar-refractivity contribution in [3.8, 4) is 0 Å². The zero-order valence-corrected chi connectivity index (χ0v) is 11.6. The van der Waals surface area contributed by atoms with Crippen LogP contribution in [-0.2, 0) is 4.79 Å². The highest BCUT2D eigenvalue weighted by molar-refractivity contribution is 5.77. The molecule has 3 nitrogen and oxygen atoms in total. The van der Waals surface area contributed by atoms with Crippen LogP contribution in [0.25, 0.3) is 0 Å². The lowest BCUT2D eigenvalue weighted by Crippen LogP contribution is -2.40. The first-order valence-corrected chi connectivity index (χ1v) is 6.34. The third-order valence-corrected chi connectivity index (χ3v) is 2.92. The summed E-state index contributed by atoms with van der Waals surface area (Å²) in [7, 11) is 0. The molecule has 1 amide bonds. The van der Waals surface area contributed by atoms with Gasteiger partial charge in [-0.1, -0.05) is 41.5 Å². The molecule has 0 radical (unpaired) electrons. The fourth-order valence-corrected chi connectivity index (χ4v) is 1.83. The van der Waals surface area contributed by atoms with Crippen molar-refractivity contribution in [3.05, 3.63) is 0 Å². The number of hydrogen-bond donors (Lipinski definition) is 2. The van der Waals surface area contributed by atoms with Crippen LogP contribution in [0.1, 0.15) is 41.5 Å². The molecule has 0 heterocycles. The van der Waals surface area contributed by atoms with Gasteiger partial charge in [0.05, 0.1) is 6.54 Å². The van der Waals surface area contributed by atoms with Crippen molar-refractivity contribution in [1.29, 1.82) is 0 Å². The molecule has 0 atom stereocenters. The molecule has 0 saturated carbocycles. The Hall–Kier alpha value is -0.570. The maximum Gasteiger partial charge on any atom is 0.233 e. The number of carbonyl (C=O) groups excluding carboxylic acids is 1. The van der Waals surface area contributed by atoms with E-state index in [0.29, 0.717) is 30.3 Å². The second-order valence-corrected chi connectivity index (χ2v) is 5.49. The van der Waals surface area contributed by atoms with Gasteiger partial charge >= 0.3 is 0 Å². The standard InChI is InChI=1S/C13H28N2O/c1-9(2)12(10(3)4)7-15-13(16)8-14-11(5)6/h9-12,14H,7-8H2,1-6H3,(H,15,16). The van der Waals surface area contributed by atoms with Crippen molar-refractivity contribution in [2.75, 3.05) is 13.1 Å². The van der Waals surface area contributed by atoms with Crippen LogP contribution in [0.15, 0.2) is 0 Å². The Morgan fingerprint density at radius 3 is 1.88 bits per heavy atom. The lowest BCUT2D eigenvalue weighted by molar-refractivity contribution is -0.120. The Morgan fingerprint density at radius 2 is 1.50 bits per heavy atom. The minimum atomic E-state index is 0.0972. The molecule has 96 valence electrons. The summed E-state index contributed by atoms with van der Waals surface area (Å²) in [5, 5.41) is 6.11. The minimum Gasteiger partial charge on any atom is -0.355 e. The highest BCUT2D eigenvalue weighted by Gasteiger charge is 2.17. The summed E-state index contributed by atoms with van der Waals surface area (Å²) in [6.07, 6.45) is 0. The van der Waals surface area contributed by atoms with E-state index in [1.165, 1.54) is 0 Å². The Morgan fingerprint density at radius 1 is 1.00 bits per heavy atom. The van der Waals surface area contributed by atoms with E-state index >= 15 is 0 Å². The molecule has 0 aliphatic carbocycles. The lowest BCUT2D eigenvalue weighted by Gasteiger charge is -2.25. The zero-order valence-electron chi connectivity index (χ0n) is 11.6. The van der Waals surface area contributed by atoms with Crippen molar-refractivity contribution >= 4 is 5.91 Å². The van der Waals surface area contributed by atoms with E-state index in [0.717, 1.165) is 6.54 Å². The quantitative estimate of drug-likeness (QED) is 0.700. The van der Waals surface area contributed by atoms with Crippen molar-refractivity contribution in [3.63, 3.8) is 0 Å². The largest absolute Gasteiger partial charge is 0.355 e. The van der Waals surface area contributed by atoms with Gasteiger partial charge in [-0.15, -0.1) is 0 Å². The van der Waals surface area contributed by atoms with Crippen molar-refractivity contribution in [1.82, 2.24) is 10.6 Å². The van der Waals surface area contributed by atoms with Crippen LogP contribution < -0.4 is 10.6 Å². The molecule has 0 saturated heterocycles. The van der Waals surface area contributed by atoms with Gasteiger partial charge < -0.3 is 10.6 Å². The number of carbonyl (C=O) groups is 1. The SMILES string of the molecule is CC(C)NCC(=O)NCC(C(C)C)C(C)C. The first-order chi connectivity index (χ1) is 7.34. The average Bonchev–Trinajstić information content (AvgIpc) is 2.13. The molecule has 0 aromatic rings. The van der Waals surface area contributed by atoms with E-state index in [4.69, 9.17) is 0 Å². The fourth-order valence-electron chi connectivity index (χ4n) is 1.83. The van der Waals surface area contributed by atoms with E-state index in [2.05, 4.69) is 38.3 Å². The summed E-state index contributed by atoms with van der Waals surface area (Å²) in [5.41, 5.74) is 0. The van der Waals surface area contributed by atoms with Gasteiger partial charge in [0.1, 0.15) is 0 Å². The summed E-state index contributed by atoms with van der Waals surface area (Å²) in [5.74, 6) is 1.87. The van der Waals surface area contributed by atoms with Gasteiger partial charge in [0, 0.05) is 12.6 Å². The van der Waals surface area contributed by atoms with Crippen LogP contribution in [0.3, 0.4) is 0 Å². The van der Waals surface area contributed by atoms with E-state index in [1.807, 2.05) is 13.8 Å². The minimum absolute atomic E-state index is 0.0972. The van der Waals surface area contributed by atoms with Gasteiger partial charge in [-0.2, -0.15) is 0 Å². The molecular weight excluding hydrogens is 200 g/mol. The molecule has 0 fully saturated rings. The molecule has 0 aliphatic heterocycles. The third kappa shape index (κ3) is 6.83. The number of hydrogen-bond acceptors (Lipinski definition) is 2. The number of amides is 1. The summed E-state index contributed by atoms with van der Waals surface area (Å²) in [6, 6.07) is 0.358. The van der Waals surface area contributed by atoms with Crippen molar-refractivity contribution in [2.24, 2.45) is 17.8 Å². The number of nitrogens with one attached hydrogen (secondary N) is 2. The van der Waals surface area contributed by atoms with Crippen LogP contribution in [0.4, 0.5) is 0 Å². The smallest absolute Gasteiger partial charge is 0.233 e. The van der Waals surface area contributed by atoms with E-state index in [1.54, 1.807) is 0 Å². The molecule has 0 aromatic heterocycles. The van der Waals surface area contributed by atoms with Gasteiger partial charge in [0.25, 0.3) is 0 Å². The zero-order chi connectivity index (χ0) is 12.7. The number of rotatable bonds is 7. The Bertz CT molecular complexity index is 192. The predicted molar refractivity (Wildman–Crippen MR) is 69.3 cm³/mol. The molecule has 3 heteroatoms. The van der Waals surface area contributed by atoms with Gasteiger partial charge in [-0.25, -0.2) is 0 Å². The first-order valence-electron chi connectivity index (χ1n) is 6.34. The van der Waals surface area contributed by atoms with E-state index < -0.39 is 0 Å². The highest BCUT2D eigenvalue weighted by atomic mass is 16.1. The monoisotopic (exact) mass is 228 g/mol. The summed E-state index contributed by atoms with van der Waals surface area (Å²) >= 11 is 0. The second-order valence-electron chi connectivity index (χ2n) is 5.49. The Balaban J connectivity index is 3.88. The average molecular weight is 228 g/mol. The maximum absolute atomic E-state index is 11.5. The van der Waals surface area contributed by atoms with Crippen molar-refractivity contribution in [2.45, 2.75) is 47.6 Å². The molecule has 0 aliphatic rings. The normalized spacial score (nSPS) is 11.9. The molecule has 0 rings (SSSR count). The van der Waals surface area contributed by atoms with Gasteiger partial charge in [-0.05, 0) is 17.8 Å². The van der Waals surface area contributed by atoms with E-state index in [-0.39, 0.29) is 5.91 Å². The van der Waals surface area contributed by atoms with Crippen LogP contribution >= 0.6 is 0 Å². The summed E-state index contributed by atoms with van der Waals surface area (Å²) in [4.78, 5) is 11.5. The topological polar surface area (TPSA) is 41.1 Å². The van der Waals surface area contributed by atoms with Gasteiger partial charge in [-0.3, -0.25) is 4.79 Å². The molecule has 0 bridgehead atoms. The Kier molecular flexibility index (Phi) is 7.39. The molecule has 0 aromatic carbocycles. The van der Waals surface area contributed by atoms with Gasteiger partial charge in [0.15, 0.2) is 0 Å². The fraction of sp³-hybridized carbons (Fsp3) is 0.923. The third-order valence-electron chi connectivity index (χ3n) is 2.92.